The van der Waals surface area contributed by atoms with E-state index in [0.717, 1.165) is 10.6 Å². The van der Waals surface area contributed by atoms with E-state index in [1.807, 2.05) is 13.8 Å². The lowest BCUT2D eigenvalue weighted by Gasteiger charge is -2.15. The number of carboxylic acid groups (broad SMARTS) is 1. The lowest BCUT2D eigenvalue weighted by molar-refractivity contribution is -0.139. The first-order valence-electron chi connectivity index (χ1n) is 6.45. The number of halogens is 1. The smallest absolute Gasteiger partial charge is 0.326 e. The molecule has 0 heterocycles. The van der Waals surface area contributed by atoms with Crippen LogP contribution in [0, 0.1) is 0 Å². The van der Waals surface area contributed by atoms with Gasteiger partial charge in [-0.1, -0.05) is 31.9 Å². The third kappa shape index (κ3) is 4.72. The molecule has 0 aliphatic carbocycles. The van der Waals surface area contributed by atoms with Crippen molar-refractivity contribution in [1.29, 1.82) is 0 Å². The van der Waals surface area contributed by atoms with Crippen LogP contribution in [-0.4, -0.2) is 28.8 Å². The van der Waals surface area contributed by atoms with Crippen LogP contribution in [0.5, 0.6) is 0 Å². The van der Waals surface area contributed by atoms with E-state index >= 15 is 0 Å². The van der Waals surface area contributed by atoms with Gasteiger partial charge >= 0.3 is 5.97 Å². The van der Waals surface area contributed by atoms with Gasteiger partial charge in [0.05, 0.1) is 5.56 Å². The fourth-order valence-electron chi connectivity index (χ4n) is 1.74. The van der Waals surface area contributed by atoms with E-state index in [4.69, 9.17) is 16.7 Å². The summed E-state index contributed by atoms with van der Waals surface area (Å²) in [5.41, 5.74) is 0.462. The normalized spacial score (nSPS) is 11.9. The molecular weight excluding hydrogens is 298 g/mol. The van der Waals surface area contributed by atoms with Crippen molar-refractivity contribution in [3.05, 3.63) is 28.8 Å². The average Bonchev–Trinajstić information content (AvgIpc) is 2.38. The minimum Gasteiger partial charge on any atom is -0.480 e. The van der Waals surface area contributed by atoms with Crippen molar-refractivity contribution in [3.8, 4) is 0 Å². The van der Waals surface area contributed by atoms with Crippen LogP contribution in [-0.2, 0) is 4.79 Å². The number of carbonyl (C=O) groups excluding carboxylic acids is 1. The summed E-state index contributed by atoms with van der Waals surface area (Å²) >= 11 is 7.42. The molecule has 110 valence electrons. The van der Waals surface area contributed by atoms with Crippen molar-refractivity contribution in [2.75, 3.05) is 5.75 Å². The van der Waals surface area contributed by atoms with E-state index in [0.29, 0.717) is 23.4 Å². The number of benzene rings is 1. The van der Waals surface area contributed by atoms with Gasteiger partial charge in [-0.3, -0.25) is 4.79 Å². The lowest BCUT2D eigenvalue weighted by atomic mass is 10.1. The number of thioether (sulfide) groups is 1. The van der Waals surface area contributed by atoms with Gasteiger partial charge in [-0.05, 0) is 30.4 Å². The number of hydrogen-bond donors (Lipinski definition) is 2. The van der Waals surface area contributed by atoms with Gasteiger partial charge in [0.1, 0.15) is 6.04 Å². The van der Waals surface area contributed by atoms with Gasteiger partial charge in [-0.25, -0.2) is 4.79 Å². The fraction of sp³-hybridized carbons (Fsp3) is 0.429. The molecule has 4 nitrogen and oxygen atoms in total. The summed E-state index contributed by atoms with van der Waals surface area (Å²) in [4.78, 5) is 24.1. The van der Waals surface area contributed by atoms with Crippen molar-refractivity contribution in [2.24, 2.45) is 0 Å². The third-order valence-corrected chi connectivity index (χ3v) is 3.84. The Labute approximate surface area is 127 Å². The third-order valence-electron chi connectivity index (χ3n) is 2.67. The van der Waals surface area contributed by atoms with Gasteiger partial charge in [-0.15, -0.1) is 11.8 Å². The number of carbonyl (C=O) groups is 2. The van der Waals surface area contributed by atoms with Crippen LogP contribution in [0.25, 0.3) is 0 Å². The maximum Gasteiger partial charge on any atom is 0.326 e. The van der Waals surface area contributed by atoms with Gasteiger partial charge in [0, 0.05) is 9.92 Å². The highest BCUT2D eigenvalue weighted by Crippen LogP contribution is 2.26. The Bertz CT molecular complexity index is 493. The zero-order valence-electron chi connectivity index (χ0n) is 11.5. The number of amides is 1. The summed E-state index contributed by atoms with van der Waals surface area (Å²) in [6, 6.07) is 4.12. The molecule has 1 atom stereocenters. The molecule has 0 spiro atoms. The average molecular weight is 316 g/mol. The Kier molecular flexibility index (Phi) is 6.88. The molecule has 0 aromatic heterocycles. The molecule has 1 unspecified atom stereocenters. The zero-order valence-corrected chi connectivity index (χ0v) is 13.1. The van der Waals surface area contributed by atoms with E-state index in [2.05, 4.69) is 5.32 Å². The zero-order chi connectivity index (χ0) is 15.1. The second-order valence-electron chi connectivity index (χ2n) is 4.23. The Balaban J connectivity index is 2.93. The summed E-state index contributed by atoms with van der Waals surface area (Å²) < 4.78 is 0. The van der Waals surface area contributed by atoms with Crippen LogP contribution in [0.4, 0.5) is 0 Å². The minimum atomic E-state index is -1.01. The van der Waals surface area contributed by atoms with E-state index in [1.165, 1.54) is 11.8 Å². The molecule has 1 rings (SSSR count). The van der Waals surface area contributed by atoms with Crippen LogP contribution < -0.4 is 5.32 Å². The molecular formula is C14H18ClNO3S. The van der Waals surface area contributed by atoms with Crippen LogP contribution in [0.15, 0.2) is 23.1 Å². The summed E-state index contributed by atoms with van der Waals surface area (Å²) in [7, 11) is 0. The lowest BCUT2D eigenvalue weighted by Crippen LogP contribution is -2.40. The Morgan fingerprint density at radius 3 is 2.65 bits per heavy atom. The molecule has 0 saturated heterocycles. The number of aliphatic carboxylic acids is 1. The van der Waals surface area contributed by atoms with Crippen molar-refractivity contribution in [3.63, 3.8) is 0 Å². The number of nitrogens with one attached hydrogen (secondary N) is 1. The Morgan fingerprint density at radius 1 is 1.40 bits per heavy atom. The van der Waals surface area contributed by atoms with Crippen LogP contribution in [0.3, 0.4) is 0 Å². The summed E-state index contributed by atoms with van der Waals surface area (Å²) in [5.74, 6) is -0.588. The fourth-order valence-corrected chi connectivity index (χ4v) is 2.82. The first kappa shape index (κ1) is 16.9. The minimum absolute atomic E-state index is 0.376. The van der Waals surface area contributed by atoms with Gasteiger partial charge in [0.2, 0.25) is 0 Å². The predicted molar refractivity (Wildman–Crippen MR) is 81.6 cm³/mol. The van der Waals surface area contributed by atoms with Crippen molar-refractivity contribution in [2.45, 2.75) is 37.6 Å². The van der Waals surface area contributed by atoms with Crippen LogP contribution in [0.2, 0.25) is 5.02 Å². The van der Waals surface area contributed by atoms with Gasteiger partial charge in [0.25, 0.3) is 5.91 Å². The second kappa shape index (κ2) is 8.17. The molecule has 6 heteroatoms. The SMILES string of the molecule is CCCC(NC(=O)c1ccc(Cl)cc1SCC)C(=O)O. The van der Waals surface area contributed by atoms with E-state index in [-0.39, 0.29) is 5.91 Å². The highest BCUT2D eigenvalue weighted by atomic mass is 35.5. The Morgan fingerprint density at radius 2 is 2.10 bits per heavy atom. The van der Waals surface area contributed by atoms with Gasteiger partial charge < -0.3 is 10.4 Å². The van der Waals surface area contributed by atoms with E-state index < -0.39 is 12.0 Å². The topological polar surface area (TPSA) is 66.4 Å². The van der Waals surface area contributed by atoms with Crippen LogP contribution >= 0.6 is 23.4 Å². The molecule has 1 aromatic rings. The molecule has 1 aromatic carbocycles. The highest BCUT2D eigenvalue weighted by molar-refractivity contribution is 7.99. The highest BCUT2D eigenvalue weighted by Gasteiger charge is 2.21. The first-order chi connectivity index (χ1) is 9.49. The molecule has 20 heavy (non-hydrogen) atoms. The van der Waals surface area contributed by atoms with Crippen molar-refractivity contribution < 1.29 is 14.7 Å². The molecule has 0 aliphatic heterocycles. The molecule has 0 radical (unpaired) electrons. The van der Waals surface area contributed by atoms with Crippen molar-refractivity contribution >= 4 is 35.2 Å². The first-order valence-corrected chi connectivity index (χ1v) is 7.82. The van der Waals surface area contributed by atoms with Gasteiger partial charge in [-0.2, -0.15) is 0 Å². The number of rotatable bonds is 7. The Hall–Kier alpha value is -1.20. The van der Waals surface area contributed by atoms with E-state index in [1.54, 1.807) is 18.2 Å². The largest absolute Gasteiger partial charge is 0.480 e. The summed E-state index contributed by atoms with van der Waals surface area (Å²) in [6.07, 6.45) is 1.10. The quantitative estimate of drug-likeness (QED) is 0.756. The predicted octanol–water partition coefficient (Wildman–Crippen LogP) is 3.44. The van der Waals surface area contributed by atoms with Crippen LogP contribution in [0.1, 0.15) is 37.0 Å². The van der Waals surface area contributed by atoms with Crippen molar-refractivity contribution in [1.82, 2.24) is 5.32 Å². The van der Waals surface area contributed by atoms with Gasteiger partial charge in [0.15, 0.2) is 0 Å². The molecule has 1 amide bonds. The molecule has 0 fully saturated rings. The molecule has 0 aliphatic rings. The number of carboxylic acids is 1. The summed E-state index contributed by atoms with van der Waals surface area (Å²) in [5, 5.41) is 12.2. The summed E-state index contributed by atoms with van der Waals surface area (Å²) in [6.45, 7) is 3.85. The number of hydrogen-bond acceptors (Lipinski definition) is 3. The maximum absolute atomic E-state index is 12.2. The second-order valence-corrected chi connectivity index (χ2v) is 5.97. The molecule has 0 bridgehead atoms. The maximum atomic E-state index is 12.2. The molecule has 2 N–H and O–H groups in total. The van der Waals surface area contributed by atoms with E-state index in [9.17, 15) is 9.59 Å². The molecule has 0 saturated carbocycles. The monoisotopic (exact) mass is 315 g/mol. The standard InChI is InChI=1S/C14H18ClNO3S/c1-3-5-11(14(18)19)16-13(17)10-7-6-9(15)8-12(10)20-4-2/h6-8,11H,3-5H2,1-2H3,(H,16,17)(H,18,19).